The predicted molar refractivity (Wildman–Crippen MR) is 77.8 cm³/mol. The number of phenolic OH excluding ortho intramolecular Hbond substituents is 1. The van der Waals surface area contributed by atoms with E-state index < -0.39 is 0 Å². The third-order valence-electron chi connectivity index (χ3n) is 4.36. The monoisotopic (exact) mass is 274 g/mol. The van der Waals surface area contributed by atoms with Crippen molar-refractivity contribution in [2.24, 2.45) is 0 Å². The fraction of sp³-hybridized carbons (Fsp3) is 0.562. The number of nitrogens with one attached hydrogen (secondary N) is 2. The fourth-order valence-electron chi connectivity index (χ4n) is 3.25. The van der Waals surface area contributed by atoms with Gasteiger partial charge in [0.1, 0.15) is 5.75 Å². The summed E-state index contributed by atoms with van der Waals surface area (Å²) in [6, 6.07) is 4.19. The molecule has 3 N–H and O–H groups in total. The lowest BCUT2D eigenvalue weighted by Gasteiger charge is -2.15. The lowest BCUT2D eigenvalue weighted by atomic mass is 9.97. The molecule has 1 saturated carbocycles. The Kier molecular flexibility index (Phi) is 3.42. The summed E-state index contributed by atoms with van der Waals surface area (Å²) in [6.07, 6.45) is 3.15. The number of aryl methyl sites for hydroxylation is 1. The third-order valence-corrected chi connectivity index (χ3v) is 4.36. The summed E-state index contributed by atoms with van der Waals surface area (Å²) in [5.74, 6) is 0.817. The first-order valence-corrected chi connectivity index (χ1v) is 7.41. The van der Waals surface area contributed by atoms with Crippen molar-refractivity contribution in [2.75, 3.05) is 6.54 Å². The Morgan fingerprint density at radius 3 is 2.80 bits per heavy atom. The number of amides is 1. The third kappa shape index (κ3) is 2.52. The van der Waals surface area contributed by atoms with Gasteiger partial charge in [-0.2, -0.15) is 0 Å². The molecule has 0 heterocycles. The maximum absolute atomic E-state index is 11.8. The number of carbonyl (C=O) groups excluding carboxylic acids is 1. The number of carbonyl (C=O) groups is 1. The normalized spacial score (nSPS) is 24.5. The zero-order chi connectivity index (χ0) is 14.3. The molecule has 2 aliphatic carbocycles. The Balaban J connectivity index is 1.70. The van der Waals surface area contributed by atoms with Gasteiger partial charge < -0.3 is 15.7 Å². The molecule has 1 aromatic rings. The number of rotatable bonds is 4. The fourth-order valence-corrected chi connectivity index (χ4v) is 3.25. The molecule has 0 spiro atoms. The average molecular weight is 274 g/mol. The van der Waals surface area contributed by atoms with Crippen LogP contribution in [0.3, 0.4) is 0 Å². The van der Waals surface area contributed by atoms with Crippen LogP contribution in [0.4, 0.5) is 0 Å². The van der Waals surface area contributed by atoms with Gasteiger partial charge >= 0.3 is 0 Å². The van der Waals surface area contributed by atoms with Crippen molar-refractivity contribution < 1.29 is 9.90 Å². The summed E-state index contributed by atoms with van der Waals surface area (Å²) in [5, 5.41) is 16.4. The smallest absolute Gasteiger partial charge is 0.234 e. The van der Waals surface area contributed by atoms with Crippen molar-refractivity contribution in [2.45, 2.75) is 51.1 Å². The van der Waals surface area contributed by atoms with Gasteiger partial charge in [0.15, 0.2) is 0 Å². The minimum Gasteiger partial charge on any atom is -0.508 e. The number of fused-ring (bicyclic) bond motifs is 1. The Labute approximate surface area is 119 Å². The Morgan fingerprint density at radius 1 is 1.35 bits per heavy atom. The molecule has 1 amide bonds. The molecule has 3 rings (SSSR count). The van der Waals surface area contributed by atoms with E-state index in [0.717, 1.165) is 24.8 Å². The number of benzene rings is 1. The first kappa shape index (κ1) is 13.4. The molecule has 20 heavy (non-hydrogen) atoms. The van der Waals surface area contributed by atoms with Crippen LogP contribution in [0.25, 0.3) is 0 Å². The predicted octanol–water partition coefficient (Wildman–Crippen LogP) is 2.12. The van der Waals surface area contributed by atoms with Crippen LogP contribution in [0.1, 0.15) is 54.8 Å². The molecular formula is C16H22N2O2. The van der Waals surface area contributed by atoms with Crippen molar-refractivity contribution in [3.05, 3.63) is 28.8 Å². The zero-order valence-electron chi connectivity index (χ0n) is 12.1. The van der Waals surface area contributed by atoms with Crippen LogP contribution in [0.5, 0.6) is 5.75 Å². The van der Waals surface area contributed by atoms with E-state index in [1.807, 2.05) is 6.07 Å². The number of hydrogen-bond donors (Lipinski definition) is 3. The van der Waals surface area contributed by atoms with Crippen LogP contribution in [0.15, 0.2) is 12.1 Å². The molecule has 2 aliphatic rings. The molecule has 0 bridgehead atoms. The molecule has 0 aromatic heterocycles. The number of phenols is 1. The van der Waals surface area contributed by atoms with E-state index in [4.69, 9.17) is 0 Å². The highest BCUT2D eigenvalue weighted by Gasteiger charge is 2.32. The van der Waals surface area contributed by atoms with Gasteiger partial charge in [-0.25, -0.2) is 0 Å². The van der Waals surface area contributed by atoms with Crippen LogP contribution in [0.2, 0.25) is 0 Å². The van der Waals surface area contributed by atoms with Gasteiger partial charge in [0.05, 0.1) is 6.54 Å². The Morgan fingerprint density at radius 2 is 2.10 bits per heavy atom. The van der Waals surface area contributed by atoms with Crippen LogP contribution in [0, 0.1) is 6.92 Å². The lowest BCUT2D eigenvalue weighted by Crippen LogP contribution is -2.36. The highest BCUT2D eigenvalue weighted by atomic mass is 16.3. The highest BCUT2D eigenvalue weighted by Crippen LogP contribution is 2.45. The molecule has 0 aliphatic heterocycles. The molecular weight excluding hydrogens is 252 g/mol. The average Bonchev–Trinajstić information content (AvgIpc) is 3.14. The number of aromatic hydroxyl groups is 1. The van der Waals surface area contributed by atoms with Gasteiger partial charge in [0.2, 0.25) is 5.91 Å². The van der Waals surface area contributed by atoms with E-state index in [-0.39, 0.29) is 11.9 Å². The highest BCUT2D eigenvalue weighted by molar-refractivity contribution is 5.78. The molecule has 2 atom stereocenters. The van der Waals surface area contributed by atoms with Gasteiger partial charge in [-0.15, -0.1) is 0 Å². The van der Waals surface area contributed by atoms with E-state index in [0.29, 0.717) is 24.3 Å². The maximum Gasteiger partial charge on any atom is 0.234 e. The second-order valence-corrected chi connectivity index (χ2v) is 6.14. The standard InChI is InChI=1S/C16H22N2O2/c1-9-3-6-13(19)16-12(7-10(2)15(9)16)17-8-14(20)18-11-4-5-11/h3,6,10-12,17,19H,4-5,7-8H2,1-2H3,(H,18,20). The Bertz CT molecular complexity index is 538. The quantitative estimate of drug-likeness (QED) is 0.788. The SMILES string of the molecule is Cc1ccc(O)c2c1C(C)CC2NCC(=O)NC1CC1. The van der Waals surface area contributed by atoms with Gasteiger partial charge in [0.25, 0.3) is 0 Å². The van der Waals surface area contributed by atoms with Gasteiger partial charge in [-0.05, 0) is 49.3 Å². The summed E-state index contributed by atoms with van der Waals surface area (Å²) in [6.45, 7) is 4.58. The second kappa shape index (κ2) is 5.09. The molecule has 4 heteroatoms. The van der Waals surface area contributed by atoms with E-state index in [1.165, 1.54) is 11.1 Å². The summed E-state index contributed by atoms with van der Waals surface area (Å²) in [4.78, 5) is 11.8. The summed E-state index contributed by atoms with van der Waals surface area (Å²) >= 11 is 0. The Hall–Kier alpha value is -1.55. The summed E-state index contributed by atoms with van der Waals surface area (Å²) in [7, 11) is 0. The maximum atomic E-state index is 11.8. The summed E-state index contributed by atoms with van der Waals surface area (Å²) in [5.41, 5.74) is 3.44. The summed E-state index contributed by atoms with van der Waals surface area (Å²) < 4.78 is 0. The van der Waals surface area contributed by atoms with E-state index >= 15 is 0 Å². The van der Waals surface area contributed by atoms with Crippen LogP contribution in [-0.2, 0) is 4.79 Å². The minimum absolute atomic E-state index is 0.0562. The van der Waals surface area contributed by atoms with Crippen molar-refractivity contribution >= 4 is 5.91 Å². The van der Waals surface area contributed by atoms with Gasteiger partial charge in [-0.1, -0.05) is 13.0 Å². The van der Waals surface area contributed by atoms with E-state index in [9.17, 15) is 9.90 Å². The minimum atomic E-state index is 0.0562. The molecule has 1 fully saturated rings. The van der Waals surface area contributed by atoms with Crippen LogP contribution < -0.4 is 10.6 Å². The van der Waals surface area contributed by atoms with Crippen molar-refractivity contribution in [1.82, 2.24) is 10.6 Å². The zero-order valence-corrected chi connectivity index (χ0v) is 12.1. The topological polar surface area (TPSA) is 61.4 Å². The first-order chi connectivity index (χ1) is 9.56. The van der Waals surface area contributed by atoms with Gasteiger partial charge in [-0.3, -0.25) is 4.79 Å². The van der Waals surface area contributed by atoms with Crippen molar-refractivity contribution in [1.29, 1.82) is 0 Å². The number of hydrogen-bond acceptors (Lipinski definition) is 3. The largest absolute Gasteiger partial charge is 0.508 e. The lowest BCUT2D eigenvalue weighted by molar-refractivity contribution is -0.120. The second-order valence-electron chi connectivity index (χ2n) is 6.14. The van der Waals surface area contributed by atoms with E-state index in [2.05, 4.69) is 24.5 Å². The molecule has 0 saturated heterocycles. The molecule has 108 valence electrons. The van der Waals surface area contributed by atoms with Gasteiger partial charge in [0, 0.05) is 17.6 Å². The molecule has 1 aromatic carbocycles. The van der Waals surface area contributed by atoms with Crippen molar-refractivity contribution in [3.8, 4) is 5.75 Å². The first-order valence-electron chi connectivity index (χ1n) is 7.41. The van der Waals surface area contributed by atoms with Crippen molar-refractivity contribution in [3.63, 3.8) is 0 Å². The molecule has 2 unspecified atom stereocenters. The van der Waals surface area contributed by atoms with Crippen LogP contribution >= 0.6 is 0 Å². The van der Waals surface area contributed by atoms with Crippen LogP contribution in [-0.4, -0.2) is 23.6 Å². The van der Waals surface area contributed by atoms with E-state index in [1.54, 1.807) is 6.07 Å². The molecule has 0 radical (unpaired) electrons. The molecule has 4 nitrogen and oxygen atoms in total.